The van der Waals surface area contributed by atoms with Crippen molar-refractivity contribution in [2.75, 3.05) is 0 Å². The number of halogens is 7. The quantitative estimate of drug-likeness (QED) is 0.261. The molecule has 0 bridgehead atoms. The second-order valence-electron chi connectivity index (χ2n) is 5.75. The third kappa shape index (κ3) is 7.44. The molecule has 3 aromatic carbocycles. The van der Waals surface area contributed by atoms with Gasteiger partial charge in [0.2, 0.25) is 0 Å². The van der Waals surface area contributed by atoms with Gasteiger partial charge in [-0.15, -0.1) is 11.8 Å². The van der Waals surface area contributed by atoms with Crippen LogP contribution in [0.25, 0.3) is 0 Å². The Bertz CT molecular complexity index is 907. The zero-order chi connectivity index (χ0) is 21.5. The van der Waals surface area contributed by atoms with Crippen LogP contribution in [0, 0.1) is 0 Å². The summed E-state index contributed by atoms with van der Waals surface area (Å²) in [5.41, 5.74) is -0.189. The first-order valence-corrected chi connectivity index (χ1v) is 10.0. The van der Waals surface area contributed by atoms with Gasteiger partial charge in [0.25, 0.3) is 0 Å². The van der Waals surface area contributed by atoms with Crippen molar-refractivity contribution in [1.29, 1.82) is 0 Å². The predicted octanol–water partition coefficient (Wildman–Crippen LogP) is 8.47. The maximum atomic E-state index is 12.8. The zero-order valence-corrected chi connectivity index (χ0v) is 17.2. The minimum absolute atomic E-state index is 0.0764. The molecule has 29 heavy (non-hydrogen) atoms. The third-order valence-corrected chi connectivity index (χ3v) is 5.45. The first-order valence-electron chi connectivity index (χ1n) is 8.23. The highest BCUT2D eigenvalue weighted by Crippen LogP contribution is 2.37. The van der Waals surface area contributed by atoms with Crippen molar-refractivity contribution in [2.45, 2.75) is 23.0 Å². The molecule has 0 amide bonds. The number of hydrogen-bond donors (Lipinski definition) is 0. The van der Waals surface area contributed by atoms with Crippen LogP contribution in [-0.2, 0) is 18.1 Å². The summed E-state index contributed by atoms with van der Waals surface area (Å²) in [6.45, 7) is 0. The standard InChI is InChI=1S/C14H11F3S.C7H4BrF3/c15-14(16,17)12-8-4-5-9-13(12)18-10-11-6-2-1-3-7-11;8-6-4-2-1-3-5(6)7(9,10)11/h1-9H,10H2;1-4H. The Morgan fingerprint density at radius 1 is 0.621 bits per heavy atom. The van der Waals surface area contributed by atoms with Crippen molar-refractivity contribution in [3.63, 3.8) is 0 Å². The van der Waals surface area contributed by atoms with Crippen LogP contribution in [0.1, 0.15) is 16.7 Å². The van der Waals surface area contributed by atoms with Gasteiger partial charge in [-0.1, -0.05) is 70.5 Å². The summed E-state index contributed by atoms with van der Waals surface area (Å²) < 4.78 is 74.4. The van der Waals surface area contributed by atoms with Gasteiger partial charge in [0.1, 0.15) is 0 Å². The summed E-state index contributed by atoms with van der Waals surface area (Å²) >= 11 is 4.02. The van der Waals surface area contributed by atoms with Crippen LogP contribution >= 0.6 is 27.7 Å². The van der Waals surface area contributed by atoms with Gasteiger partial charge in [0.15, 0.2) is 0 Å². The maximum Gasteiger partial charge on any atom is 0.417 e. The smallest absolute Gasteiger partial charge is 0.166 e. The second kappa shape index (κ2) is 10.2. The number of rotatable bonds is 3. The summed E-state index contributed by atoms with van der Waals surface area (Å²) in [7, 11) is 0. The molecule has 0 nitrogen and oxygen atoms in total. The van der Waals surface area contributed by atoms with Gasteiger partial charge in [-0.3, -0.25) is 0 Å². The van der Waals surface area contributed by atoms with E-state index in [4.69, 9.17) is 0 Å². The topological polar surface area (TPSA) is 0 Å². The fraction of sp³-hybridized carbons (Fsp3) is 0.143. The lowest BCUT2D eigenvalue weighted by Crippen LogP contribution is -2.06. The summed E-state index contributed by atoms with van der Waals surface area (Å²) in [5, 5.41) is 0. The van der Waals surface area contributed by atoms with Crippen LogP contribution in [0.5, 0.6) is 0 Å². The normalized spacial score (nSPS) is 11.6. The molecular weight excluding hydrogens is 478 g/mol. The van der Waals surface area contributed by atoms with E-state index >= 15 is 0 Å². The number of thioether (sulfide) groups is 1. The minimum atomic E-state index is -4.29. The molecule has 0 radical (unpaired) electrons. The molecule has 0 heterocycles. The van der Waals surface area contributed by atoms with Gasteiger partial charge in [0.05, 0.1) is 11.1 Å². The minimum Gasteiger partial charge on any atom is -0.166 e. The summed E-state index contributed by atoms with van der Waals surface area (Å²) in [6.07, 6.45) is -8.56. The third-order valence-electron chi connectivity index (χ3n) is 3.61. The maximum absolute atomic E-state index is 12.8. The molecule has 0 saturated carbocycles. The van der Waals surface area contributed by atoms with Crippen molar-refractivity contribution in [3.8, 4) is 0 Å². The molecule has 0 aromatic heterocycles. The summed E-state index contributed by atoms with van der Waals surface area (Å²) in [6, 6.07) is 20.4. The average molecular weight is 493 g/mol. The molecule has 0 spiro atoms. The average Bonchev–Trinajstić information content (AvgIpc) is 2.67. The zero-order valence-electron chi connectivity index (χ0n) is 14.8. The number of benzene rings is 3. The molecule has 0 fully saturated rings. The van der Waals surface area contributed by atoms with Crippen molar-refractivity contribution in [3.05, 3.63) is 100 Å². The van der Waals surface area contributed by atoms with Crippen LogP contribution in [0.3, 0.4) is 0 Å². The van der Waals surface area contributed by atoms with Gasteiger partial charge in [-0.25, -0.2) is 0 Å². The van der Waals surface area contributed by atoms with E-state index in [0.29, 0.717) is 5.75 Å². The van der Waals surface area contributed by atoms with E-state index in [2.05, 4.69) is 15.9 Å². The largest absolute Gasteiger partial charge is 0.417 e. The van der Waals surface area contributed by atoms with Crippen LogP contribution in [-0.4, -0.2) is 0 Å². The Kier molecular flexibility index (Phi) is 8.22. The van der Waals surface area contributed by atoms with E-state index in [1.54, 1.807) is 12.1 Å². The monoisotopic (exact) mass is 492 g/mol. The molecule has 0 atom stereocenters. The Morgan fingerprint density at radius 2 is 1.10 bits per heavy atom. The van der Waals surface area contributed by atoms with Gasteiger partial charge >= 0.3 is 12.4 Å². The van der Waals surface area contributed by atoms with Crippen molar-refractivity contribution in [2.24, 2.45) is 0 Å². The molecule has 154 valence electrons. The Morgan fingerprint density at radius 3 is 1.62 bits per heavy atom. The number of hydrogen-bond acceptors (Lipinski definition) is 1. The van der Waals surface area contributed by atoms with Gasteiger partial charge in [0, 0.05) is 15.1 Å². The van der Waals surface area contributed by atoms with E-state index < -0.39 is 23.5 Å². The van der Waals surface area contributed by atoms with Gasteiger partial charge in [-0.05, 0) is 29.8 Å². The molecule has 0 saturated heterocycles. The molecule has 0 aliphatic rings. The lowest BCUT2D eigenvalue weighted by Gasteiger charge is -2.11. The highest BCUT2D eigenvalue weighted by atomic mass is 79.9. The van der Waals surface area contributed by atoms with Crippen molar-refractivity contribution in [1.82, 2.24) is 0 Å². The highest BCUT2D eigenvalue weighted by Gasteiger charge is 2.33. The lowest BCUT2D eigenvalue weighted by molar-refractivity contribution is -0.140. The van der Waals surface area contributed by atoms with E-state index in [9.17, 15) is 26.3 Å². The van der Waals surface area contributed by atoms with Crippen molar-refractivity contribution < 1.29 is 26.3 Å². The highest BCUT2D eigenvalue weighted by molar-refractivity contribution is 9.10. The van der Waals surface area contributed by atoms with Gasteiger partial charge < -0.3 is 0 Å². The van der Waals surface area contributed by atoms with Crippen LogP contribution in [0.4, 0.5) is 26.3 Å². The fourth-order valence-corrected chi connectivity index (χ4v) is 3.79. The Labute approximate surface area is 177 Å². The van der Waals surface area contributed by atoms with Crippen LogP contribution < -0.4 is 0 Å². The molecule has 3 aromatic rings. The molecule has 0 aliphatic carbocycles. The van der Waals surface area contributed by atoms with E-state index in [-0.39, 0.29) is 9.37 Å². The summed E-state index contributed by atoms with van der Waals surface area (Å²) in [4.78, 5) is 0.272. The van der Waals surface area contributed by atoms with Crippen LogP contribution in [0.15, 0.2) is 88.2 Å². The molecule has 3 rings (SSSR count). The molecule has 8 heteroatoms. The van der Waals surface area contributed by atoms with Crippen LogP contribution in [0.2, 0.25) is 0 Å². The van der Waals surface area contributed by atoms with Crippen molar-refractivity contribution >= 4 is 27.7 Å². The van der Waals surface area contributed by atoms with Gasteiger partial charge in [-0.2, -0.15) is 26.3 Å². The summed E-state index contributed by atoms with van der Waals surface area (Å²) in [5.74, 6) is 0.536. The molecular formula is C21H15BrF6S. The molecule has 0 N–H and O–H groups in total. The second-order valence-corrected chi connectivity index (χ2v) is 7.62. The van der Waals surface area contributed by atoms with E-state index in [1.807, 2.05) is 30.3 Å². The molecule has 0 unspecified atom stereocenters. The van der Waals surface area contributed by atoms with E-state index in [1.165, 1.54) is 36.0 Å². The number of alkyl halides is 6. The SMILES string of the molecule is FC(F)(F)c1ccccc1Br.FC(F)(F)c1ccccc1SCc1ccccc1. The first-order chi connectivity index (χ1) is 13.6. The predicted molar refractivity (Wildman–Crippen MR) is 107 cm³/mol. The Balaban J connectivity index is 0.000000234. The van der Waals surface area contributed by atoms with E-state index in [0.717, 1.165) is 17.7 Å². The fourth-order valence-electron chi connectivity index (χ4n) is 2.25. The first kappa shape index (κ1) is 23.3. The molecule has 0 aliphatic heterocycles. The Hall–Kier alpha value is -1.93. The lowest BCUT2D eigenvalue weighted by atomic mass is 10.2.